The average Bonchev–Trinajstić information content (AvgIpc) is 2.71. The number of aryl methyl sites for hydroxylation is 1. The van der Waals surface area contributed by atoms with Gasteiger partial charge in [-0.1, -0.05) is 29.3 Å². The van der Waals surface area contributed by atoms with Crippen LogP contribution in [0.5, 0.6) is 0 Å². The summed E-state index contributed by atoms with van der Waals surface area (Å²) < 4.78 is 5.27. The first-order chi connectivity index (χ1) is 8.13. The number of rotatable bonds is 3. The summed E-state index contributed by atoms with van der Waals surface area (Å²) in [7, 11) is 0. The fourth-order valence-electron chi connectivity index (χ4n) is 1.75. The summed E-state index contributed by atoms with van der Waals surface area (Å²) in [4.78, 5) is 0. The van der Waals surface area contributed by atoms with Crippen molar-refractivity contribution in [3.63, 3.8) is 0 Å². The summed E-state index contributed by atoms with van der Waals surface area (Å²) in [5.41, 5.74) is 4.66. The molecule has 2 aromatic rings. The molecule has 0 spiro atoms. The van der Waals surface area contributed by atoms with Crippen LogP contribution in [0.2, 0.25) is 10.0 Å². The molecule has 5 heteroatoms. The third-order valence-electron chi connectivity index (χ3n) is 2.65. The van der Waals surface area contributed by atoms with Crippen molar-refractivity contribution < 1.29 is 4.42 Å². The molecule has 0 saturated heterocycles. The molecule has 3 nitrogen and oxygen atoms in total. The molecule has 17 heavy (non-hydrogen) atoms. The number of nitrogens with one attached hydrogen (secondary N) is 1. The molecular formula is C12H12Cl2N2O. The number of hydrogen-bond donors (Lipinski definition) is 2. The molecule has 1 atom stereocenters. The summed E-state index contributed by atoms with van der Waals surface area (Å²) >= 11 is 11.9. The standard InChI is InChI=1S/C12H12Cl2N2O/c1-7-9(4-5-17-7)12(16-15)8-2-3-10(13)11(14)6-8/h2-6,12,16H,15H2,1H3. The Morgan fingerprint density at radius 1 is 1.24 bits per heavy atom. The Hall–Kier alpha value is -1.000. The second kappa shape index (κ2) is 5.10. The first-order valence-electron chi connectivity index (χ1n) is 5.08. The average molecular weight is 271 g/mol. The molecule has 0 saturated carbocycles. The SMILES string of the molecule is Cc1occc1C(NN)c1ccc(Cl)c(Cl)c1. The van der Waals surface area contributed by atoms with Crippen LogP contribution in [0.15, 0.2) is 34.9 Å². The van der Waals surface area contributed by atoms with E-state index >= 15 is 0 Å². The minimum Gasteiger partial charge on any atom is -0.469 e. The van der Waals surface area contributed by atoms with Crippen LogP contribution >= 0.6 is 23.2 Å². The first kappa shape index (κ1) is 12.5. The van der Waals surface area contributed by atoms with E-state index in [2.05, 4.69) is 5.43 Å². The van der Waals surface area contributed by atoms with Crippen LogP contribution in [0.25, 0.3) is 0 Å². The molecule has 0 fully saturated rings. The maximum atomic E-state index is 5.99. The highest BCUT2D eigenvalue weighted by molar-refractivity contribution is 6.42. The summed E-state index contributed by atoms with van der Waals surface area (Å²) in [6, 6.07) is 7.14. The highest BCUT2D eigenvalue weighted by Crippen LogP contribution is 2.30. The molecule has 0 amide bonds. The summed E-state index contributed by atoms with van der Waals surface area (Å²) in [5, 5.41) is 1.03. The Kier molecular flexibility index (Phi) is 3.74. The molecule has 1 unspecified atom stereocenters. The van der Waals surface area contributed by atoms with E-state index < -0.39 is 0 Å². The zero-order chi connectivity index (χ0) is 12.4. The molecule has 1 heterocycles. The Bertz CT molecular complexity index is 525. The monoisotopic (exact) mass is 270 g/mol. The van der Waals surface area contributed by atoms with Crippen molar-refractivity contribution in [2.24, 2.45) is 5.84 Å². The fraction of sp³-hybridized carbons (Fsp3) is 0.167. The van der Waals surface area contributed by atoms with Crippen LogP contribution in [-0.4, -0.2) is 0 Å². The maximum Gasteiger partial charge on any atom is 0.105 e. The molecule has 0 bridgehead atoms. The molecule has 2 rings (SSSR count). The fourth-order valence-corrected chi connectivity index (χ4v) is 2.06. The molecule has 0 aliphatic carbocycles. The highest BCUT2D eigenvalue weighted by atomic mass is 35.5. The van der Waals surface area contributed by atoms with E-state index in [0.29, 0.717) is 10.0 Å². The topological polar surface area (TPSA) is 51.2 Å². The van der Waals surface area contributed by atoms with Gasteiger partial charge in [0, 0.05) is 5.56 Å². The number of halogens is 2. The van der Waals surface area contributed by atoms with E-state index in [-0.39, 0.29) is 6.04 Å². The summed E-state index contributed by atoms with van der Waals surface area (Å²) in [6.07, 6.45) is 1.63. The van der Waals surface area contributed by atoms with E-state index in [0.717, 1.165) is 16.9 Å². The van der Waals surface area contributed by atoms with Crippen molar-refractivity contribution in [3.05, 3.63) is 57.5 Å². The number of hydrogen-bond acceptors (Lipinski definition) is 3. The molecule has 1 aromatic heterocycles. The van der Waals surface area contributed by atoms with Gasteiger partial charge in [0.05, 0.1) is 22.4 Å². The highest BCUT2D eigenvalue weighted by Gasteiger charge is 2.17. The van der Waals surface area contributed by atoms with E-state index in [4.69, 9.17) is 33.5 Å². The van der Waals surface area contributed by atoms with Crippen molar-refractivity contribution in [3.8, 4) is 0 Å². The van der Waals surface area contributed by atoms with Gasteiger partial charge in [0.1, 0.15) is 5.76 Å². The predicted molar refractivity (Wildman–Crippen MR) is 69.1 cm³/mol. The van der Waals surface area contributed by atoms with E-state index in [1.54, 1.807) is 18.4 Å². The van der Waals surface area contributed by atoms with Gasteiger partial charge in [-0.2, -0.15) is 0 Å². The number of nitrogens with two attached hydrogens (primary N) is 1. The Labute approximate surface area is 109 Å². The van der Waals surface area contributed by atoms with Crippen molar-refractivity contribution in [1.82, 2.24) is 5.43 Å². The molecule has 0 aliphatic rings. The van der Waals surface area contributed by atoms with Crippen LogP contribution in [0.1, 0.15) is 22.9 Å². The molecular weight excluding hydrogens is 259 g/mol. The van der Waals surface area contributed by atoms with Gasteiger partial charge in [0.25, 0.3) is 0 Å². The summed E-state index contributed by atoms with van der Waals surface area (Å²) in [6.45, 7) is 1.89. The van der Waals surface area contributed by atoms with Crippen LogP contribution < -0.4 is 11.3 Å². The molecule has 1 aromatic carbocycles. The maximum absolute atomic E-state index is 5.99. The molecule has 0 radical (unpaired) electrons. The van der Waals surface area contributed by atoms with Crippen LogP contribution in [-0.2, 0) is 0 Å². The van der Waals surface area contributed by atoms with Gasteiger partial charge in [0.2, 0.25) is 0 Å². The molecule has 90 valence electrons. The Balaban J connectivity index is 2.42. The van der Waals surface area contributed by atoms with Crippen LogP contribution in [0.3, 0.4) is 0 Å². The second-order valence-corrected chi connectivity index (χ2v) is 4.52. The number of hydrazine groups is 1. The second-order valence-electron chi connectivity index (χ2n) is 3.71. The first-order valence-corrected chi connectivity index (χ1v) is 5.84. The van der Waals surface area contributed by atoms with Crippen molar-refractivity contribution in [1.29, 1.82) is 0 Å². The van der Waals surface area contributed by atoms with Gasteiger partial charge in [-0.3, -0.25) is 5.84 Å². The lowest BCUT2D eigenvalue weighted by molar-refractivity contribution is 0.520. The van der Waals surface area contributed by atoms with Gasteiger partial charge in [-0.15, -0.1) is 0 Å². The van der Waals surface area contributed by atoms with Crippen molar-refractivity contribution in [2.75, 3.05) is 0 Å². The smallest absolute Gasteiger partial charge is 0.105 e. The lowest BCUT2D eigenvalue weighted by Gasteiger charge is -2.16. The predicted octanol–water partition coefficient (Wildman–Crippen LogP) is 3.45. The van der Waals surface area contributed by atoms with Crippen molar-refractivity contribution >= 4 is 23.2 Å². The van der Waals surface area contributed by atoms with Crippen LogP contribution in [0, 0.1) is 6.92 Å². The van der Waals surface area contributed by atoms with Crippen LogP contribution in [0.4, 0.5) is 0 Å². The third-order valence-corrected chi connectivity index (χ3v) is 3.39. The van der Waals surface area contributed by atoms with E-state index in [1.165, 1.54) is 0 Å². The molecule has 0 aliphatic heterocycles. The quantitative estimate of drug-likeness (QED) is 0.664. The van der Waals surface area contributed by atoms with Gasteiger partial charge in [-0.25, -0.2) is 5.43 Å². The van der Waals surface area contributed by atoms with E-state index in [1.807, 2.05) is 19.1 Å². The lowest BCUT2D eigenvalue weighted by Crippen LogP contribution is -2.29. The van der Waals surface area contributed by atoms with Gasteiger partial charge >= 0.3 is 0 Å². The lowest BCUT2D eigenvalue weighted by atomic mass is 10.00. The zero-order valence-corrected chi connectivity index (χ0v) is 10.7. The van der Waals surface area contributed by atoms with Gasteiger partial charge < -0.3 is 4.42 Å². The Morgan fingerprint density at radius 2 is 2.00 bits per heavy atom. The molecule has 3 N–H and O–H groups in total. The van der Waals surface area contributed by atoms with Gasteiger partial charge in [-0.05, 0) is 30.7 Å². The number of benzene rings is 1. The van der Waals surface area contributed by atoms with Gasteiger partial charge in [0.15, 0.2) is 0 Å². The number of furan rings is 1. The normalized spacial score (nSPS) is 12.7. The Morgan fingerprint density at radius 3 is 2.53 bits per heavy atom. The largest absolute Gasteiger partial charge is 0.469 e. The minimum absolute atomic E-state index is 0.163. The zero-order valence-electron chi connectivity index (χ0n) is 9.21. The van der Waals surface area contributed by atoms with E-state index in [9.17, 15) is 0 Å². The van der Waals surface area contributed by atoms with Crippen molar-refractivity contribution in [2.45, 2.75) is 13.0 Å². The third kappa shape index (κ3) is 2.48. The summed E-state index contributed by atoms with van der Waals surface area (Å²) in [5.74, 6) is 6.40. The minimum atomic E-state index is -0.163.